The van der Waals surface area contributed by atoms with Crippen molar-refractivity contribution in [1.29, 1.82) is 5.41 Å². The number of nitrogens with two attached hydrogens (primary N) is 2. The predicted molar refractivity (Wildman–Crippen MR) is 110 cm³/mol. The normalized spacial score (nSPS) is 11.2. The zero-order valence-electron chi connectivity index (χ0n) is 14.7. The zero-order valence-corrected chi connectivity index (χ0v) is 15.5. The molecule has 0 aliphatic carbocycles. The van der Waals surface area contributed by atoms with E-state index in [-0.39, 0.29) is 24.3 Å². The van der Waals surface area contributed by atoms with Crippen LogP contribution in [0.25, 0.3) is 0 Å². The van der Waals surface area contributed by atoms with Crippen molar-refractivity contribution in [2.24, 2.45) is 16.5 Å². The van der Waals surface area contributed by atoms with Gasteiger partial charge in [-0.25, -0.2) is 0 Å². The van der Waals surface area contributed by atoms with Crippen LogP contribution in [-0.2, 0) is 0 Å². The van der Waals surface area contributed by atoms with Crippen molar-refractivity contribution in [3.8, 4) is 11.5 Å². The van der Waals surface area contributed by atoms with Crippen LogP contribution >= 0.6 is 12.4 Å². The van der Waals surface area contributed by atoms with Crippen molar-refractivity contribution in [3.05, 3.63) is 48.5 Å². The summed E-state index contributed by atoms with van der Waals surface area (Å²) in [5.74, 6) is 1.80. The van der Waals surface area contributed by atoms with E-state index in [2.05, 4.69) is 22.5 Å². The summed E-state index contributed by atoms with van der Waals surface area (Å²) in [7, 11) is 0. The fourth-order valence-corrected chi connectivity index (χ4v) is 2.12. The molecule has 0 radical (unpaired) electrons. The number of anilines is 2. The maximum atomic E-state index is 6.81. The van der Waals surface area contributed by atoms with Crippen molar-refractivity contribution >= 4 is 35.7 Å². The number of guanidine groups is 2. The Morgan fingerprint density at radius 1 is 1.08 bits per heavy atom. The third-order valence-corrected chi connectivity index (χ3v) is 3.32. The molecule has 7 N–H and O–H groups in total. The van der Waals surface area contributed by atoms with E-state index in [4.69, 9.17) is 21.6 Å². The van der Waals surface area contributed by atoms with E-state index in [1.54, 1.807) is 0 Å². The number of ether oxygens (including phenoxy) is 1. The van der Waals surface area contributed by atoms with Crippen LogP contribution in [0.2, 0.25) is 0 Å². The monoisotopic (exact) mass is 376 g/mol. The van der Waals surface area contributed by atoms with Crippen LogP contribution in [0.15, 0.2) is 53.5 Å². The lowest BCUT2D eigenvalue weighted by molar-refractivity contribution is 0.481. The lowest BCUT2D eigenvalue weighted by atomic mass is 10.2. The number of benzene rings is 2. The smallest absolute Gasteiger partial charge is 0.195 e. The van der Waals surface area contributed by atoms with Gasteiger partial charge in [-0.3, -0.25) is 15.7 Å². The van der Waals surface area contributed by atoms with E-state index in [0.717, 1.165) is 35.7 Å². The number of fused-ring (bicyclic) bond motifs is 2. The molecule has 2 aromatic rings. The minimum absolute atomic E-state index is 0. The standard InChI is InChI=1S/C12H9NO.C6H15N5.ClH/c1-3-7-11-9(5-1)13-10-6-2-4-8-12(10)14-11;1-2-3-4-10-6(9)11-5(7)8;/h1-8,13H;2-4H2,1H3,(H6,7,8,9,10,11);1H. The van der Waals surface area contributed by atoms with E-state index in [1.807, 2.05) is 48.5 Å². The summed E-state index contributed by atoms with van der Waals surface area (Å²) < 4.78 is 5.71. The number of unbranched alkanes of at least 4 members (excludes halogenated alkanes) is 1. The Balaban J connectivity index is 0.000000260. The Morgan fingerprint density at radius 2 is 1.62 bits per heavy atom. The Morgan fingerprint density at radius 3 is 2.12 bits per heavy atom. The molecular formula is C18H25ClN6O. The molecule has 0 fully saturated rings. The first-order valence-electron chi connectivity index (χ1n) is 8.14. The molecular weight excluding hydrogens is 352 g/mol. The minimum atomic E-state index is -0.178. The van der Waals surface area contributed by atoms with E-state index in [1.165, 1.54) is 0 Å². The molecule has 0 aromatic heterocycles. The molecule has 8 heteroatoms. The number of rotatable bonds is 3. The molecule has 0 unspecified atom stereocenters. The highest BCUT2D eigenvalue weighted by atomic mass is 35.5. The number of hydrogen-bond acceptors (Lipinski definition) is 4. The zero-order chi connectivity index (χ0) is 18.1. The highest BCUT2D eigenvalue weighted by Crippen LogP contribution is 2.40. The van der Waals surface area contributed by atoms with Gasteiger partial charge < -0.3 is 21.5 Å². The molecule has 0 saturated heterocycles. The average molecular weight is 377 g/mol. The van der Waals surface area contributed by atoms with Gasteiger partial charge in [0.2, 0.25) is 0 Å². The third-order valence-electron chi connectivity index (χ3n) is 3.32. The van der Waals surface area contributed by atoms with E-state index < -0.39 is 0 Å². The summed E-state index contributed by atoms with van der Waals surface area (Å²) in [4.78, 5) is 3.92. The second-order valence-electron chi connectivity index (χ2n) is 5.38. The maximum absolute atomic E-state index is 6.81. The SMILES string of the molecule is CCCCN=C(N)NC(=N)N.Cl.c1ccc2c(c1)Nc1ccccc1O2. The summed E-state index contributed by atoms with van der Waals surface area (Å²) in [5.41, 5.74) is 12.4. The van der Waals surface area contributed by atoms with Gasteiger partial charge in [0, 0.05) is 6.54 Å². The topological polar surface area (TPSA) is 122 Å². The summed E-state index contributed by atoms with van der Waals surface area (Å²) >= 11 is 0. The third kappa shape index (κ3) is 6.52. The van der Waals surface area contributed by atoms with Crippen LogP contribution in [0.3, 0.4) is 0 Å². The minimum Gasteiger partial charge on any atom is -0.453 e. The van der Waals surface area contributed by atoms with Crippen LogP contribution in [0.5, 0.6) is 11.5 Å². The first kappa shape index (κ1) is 21.1. The molecule has 0 atom stereocenters. The van der Waals surface area contributed by atoms with E-state index in [0.29, 0.717) is 6.54 Å². The van der Waals surface area contributed by atoms with Crippen LogP contribution in [0, 0.1) is 5.41 Å². The molecule has 3 rings (SSSR count). The van der Waals surface area contributed by atoms with Crippen molar-refractivity contribution in [2.45, 2.75) is 19.8 Å². The van der Waals surface area contributed by atoms with Gasteiger partial charge in [-0.05, 0) is 30.7 Å². The number of hydrogen-bond donors (Lipinski definition) is 5. The number of para-hydroxylation sites is 4. The van der Waals surface area contributed by atoms with Crippen molar-refractivity contribution in [2.75, 3.05) is 11.9 Å². The molecule has 0 amide bonds. The molecule has 7 nitrogen and oxygen atoms in total. The second kappa shape index (κ2) is 10.8. The highest BCUT2D eigenvalue weighted by molar-refractivity contribution is 5.95. The molecule has 1 aliphatic rings. The van der Waals surface area contributed by atoms with Gasteiger partial charge >= 0.3 is 0 Å². The van der Waals surface area contributed by atoms with Crippen LogP contribution in [0.4, 0.5) is 11.4 Å². The van der Waals surface area contributed by atoms with E-state index >= 15 is 0 Å². The highest BCUT2D eigenvalue weighted by Gasteiger charge is 2.13. The first-order chi connectivity index (χ1) is 12.1. The quantitative estimate of drug-likeness (QED) is 0.272. The molecule has 0 bridgehead atoms. The van der Waals surface area contributed by atoms with Crippen molar-refractivity contribution < 1.29 is 4.74 Å². The molecule has 0 spiro atoms. The fourth-order valence-electron chi connectivity index (χ4n) is 2.12. The van der Waals surface area contributed by atoms with Crippen LogP contribution in [0.1, 0.15) is 19.8 Å². The van der Waals surface area contributed by atoms with Gasteiger partial charge in [-0.1, -0.05) is 37.6 Å². The van der Waals surface area contributed by atoms with Crippen molar-refractivity contribution in [3.63, 3.8) is 0 Å². The lowest BCUT2D eigenvalue weighted by Crippen LogP contribution is -2.40. The predicted octanol–water partition coefficient (Wildman–Crippen LogP) is 3.54. The summed E-state index contributed by atoms with van der Waals surface area (Å²) in [6.45, 7) is 2.76. The Bertz CT molecular complexity index is 662. The molecule has 140 valence electrons. The largest absolute Gasteiger partial charge is 0.453 e. The number of halogens is 1. The molecule has 2 aromatic carbocycles. The lowest BCUT2D eigenvalue weighted by Gasteiger charge is -2.20. The van der Waals surface area contributed by atoms with Gasteiger partial charge in [0.05, 0.1) is 11.4 Å². The van der Waals surface area contributed by atoms with Gasteiger partial charge in [0.25, 0.3) is 0 Å². The Labute approximate surface area is 159 Å². The molecule has 1 heterocycles. The summed E-state index contributed by atoms with van der Waals surface area (Å²) in [5, 5.41) is 12.5. The number of nitrogens with zero attached hydrogens (tertiary/aromatic N) is 1. The average Bonchev–Trinajstić information content (AvgIpc) is 2.60. The van der Waals surface area contributed by atoms with Gasteiger partial charge in [-0.15, -0.1) is 12.4 Å². The summed E-state index contributed by atoms with van der Waals surface area (Å²) in [6, 6.07) is 15.8. The molecule has 0 saturated carbocycles. The maximum Gasteiger partial charge on any atom is 0.195 e. The summed E-state index contributed by atoms with van der Waals surface area (Å²) in [6.07, 6.45) is 2.08. The first-order valence-corrected chi connectivity index (χ1v) is 8.14. The van der Waals surface area contributed by atoms with Crippen LogP contribution < -0.4 is 26.8 Å². The van der Waals surface area contributed by atoms with Gasteiger partial charge in [-0.2, -0.15) is 0 Å². The number of nitrogens with one attached hydrogen (secondary N) is 3. The van der Waals surface area contributed by atoms with Crippen molar-refractivity contribution in [1.82, 2.24) is 5.32 Å². The van der Waals surface area contributed by atoms with Crippen LogP contribution in [-0.4, -0.2) is 18.5 Å². The second-order valence-corrected chi connectivity index (χ2v) is 5.38. The molecule has 1 aliphatic heterocycles. The Hall–Kier alpha value is -2.93. The fraction of sp³-hybridized carbons (Fsp3) is 0.222. The van der Waals surface area contributed by atoms with E-state index in [9.17, 15) is 0 Å². The van der Waals surface area contributed by atoms with Gasteiger partial charge in [0.15, 0.2) is 23.4 Å². The Kier molecular flexibility index (Phi) is 8.80. The molecule has 26 heavy (non-hydrogen) atoms. The van der Waals surface area contributed by atoms with Gasteiger partial charge in [0.1, 0.15) is 0 Å². The number of aliphatic imine (C=N–C) groups is 1.